The number of hydrogen-bond acceptors (Lipinski definition) is 5. The van der Waals surface area contributed by atoms with Crippen molar-refractivity contribution in [3.8, 4) is 11.3 Å². The smallest absolute Gasteiger partial charge is 0.325 e. The molecule has 0 atom stereocenters. The van der Waals surface area contributed by atoms with Crippen LogP contribution in [0.2, 0.25) is 0 Å². The minimum atomic E-state index is -0.546. The number of methoxy groups -OCH3 is 1. The quantitative estimate of drug-likeness (QED) is 0.539. The summed E-state index contributed by atoms with van der Waals surface area (Å²) in [5.41, 5.74) is 1.24. The number of anilines is 1. The van der Waals surface area contributed by atoms with Gasteiger partial charge in [-0.1, -0.05) is 12.1 Å². The van der Waals surface area contributed by atoms with Crippen LogP contribution >= 0.6 is 0 Å². The van der Waals surface area contributed by atoms with E-state index in [1.54, 1.807) is 42.5 Å². The Kier molecular flexibility index (Phi) is 7.16. The first kappa shape index (κ1) is 21.8. The zero-order chi connectivity index (χ0) is 22.2. The topological polar surface area (TPSA) is 97.6 Å². The molecule has 7 nitrogen and oxygen atoms in total. The number of benzene rings is 2. The lowest BCUT2D eigenvalue weighted by Gasteiger charge is -2.07. The molecule has 0 aliphatic heterocycles. The predicted octanol–water partition coefficient (Wildman–Crippen LogP) is 3.56. The van der Waals surface area contributed by atoms with E-state index in [1.165, 1.54) is 25.3 Å². The molecule has 0 bridgehead atoms. The molecule has 2 aromatic carbocycles. The third kappa shape index (κ3) is 6.02. The molecule has 3 rings (SSSR count). The van der Waals surface area contributed by atoms with E-state index in [4.69, 9.17) is 4.42 Å². The highest BCUT2D eigenvalue weighted by atomic mass is 19.1. The largest absolute Gasteiger partial charge is 0.468 e. The van der Waals surface area contributed by atoms with E-state index in [0.29, 0.717) is 34.8 Å². The lowest BCUT2D eigenvalue weighted by atomic mass is 10.1. The van der Waals surface area contributed by atoms with Crippen molar-refractivity contribution < 1.29 is 27.9 Å². The first-order chi connectivity index (χ1) is 15.0. The minimum Gasteiger partial charge on any atom is -0.468 e. The van der Waals surface area contributed by atoms with Gasteiger partial charge in [-0.3, -0.25) is 14.4 Å². The van der Waals surface area contributed by atoms with Crippen molar-refractivity contribution in [2.24, 2.45) is 0 Å². The maximum Gasteiger partial charge on any atom is 0.325 e. The third-order valence-corrected chi connectivity index (χ3v) is 4.45. The lowest BCUT2D eigenvalue weighted by molar-refractivity contribution is -0.139. The molecule has 0 saturated heterocycles. The van der Waals surface area contributed by atoms with Gasteiger partial charge in [0.25, 0.3) is 5.91 Å². The predicted molar refractivity (Wildman–Crippen MR) is 112 cm³/mol. The van der Waals surface area contributed by atoms with Crippen molar-refractivity contribution >= 4 is 23.5 Å². The highest BCUT2D eigenvalue weighted by Crippen LogP contribution is 2.25. The van der Waals surface area contributed by atoms with E-state index in [2.05, 4.69) is 15.4 Å². The fourth-order valence-corrected chi connectivity index (χ4v) is 2.81. The third-order valence-electron chi connectivity index (χ3n) is 4.45. The van der Waals surface area contributed by atoms with Crippen LogP contribution in [-0.2, 0) is 20.7 Å². The molecule has 0 aliphatic carbocycles. The van der Waals surface area contributed by atoms with Crippen LogP contribution in [-0.4, -0.2) is 31.4 Å². The molecule has 160 valence electrons. The molecular formula is C23H21FN2O5. The number of rotatable bonds is 8. The molecule has 1 aromatic heterocycles. The second-order valence-corrected chi connectivity index (χ2v) is 6.63. The Bertz CT molecular complexity index is 1080. The Morgan fingerprint density at radius 3 is 2.45 bits per heavy atom. The summed E-state index contributed by atoms with van der Waals surface area (Å²) in [5.74, 6) is -0.586. The van der Waals surface area contributed by atoms with Gasteiger partial charge in [-0.05, 0) is 48.5 Å². The molecule has 1 heterocycles. The summed E-state index contributed by atoms with van der Waals surface area (Å²) < 4.78 is 23.9. The molecular weight excluding hydrogens is 403 g/mol. The van der Waals surface area contributed by atoms with Crippen LogP contribution in [0.5, 0.6) is 0 Å². The van der Waals surface area contributed by atoms with Gasteiger partial charge in [0.05, 0.1) is 12.7 Å². The standard InChI is InChI=1S/C23H21FN2O5/c1-30-22(28)14-25-23(29)15-6-8-16(9-7-15)26-21(27)13-11-17-10-12-20(31-17)18-4-2-3-5-19(18)24/h2-10,12H,11,13-14H2,1H3,(H,25,29)(H,26,27). The number of hydrogen-bond donors (Lipinski definition) is 2. The monoisotopic (exact) mass is 424 g/mol. The zero-order valence-electron chi connectivity index (χ0n) is 16.8. The Morgan fingerprint density at radius 2 is 1.74 bits per heavy atom. The number of nitrogens with one attached hydrogen (secondary N) is 2. The first-order valence-corrected chi connectivity index (χ1v) is 9.55. The molecule has 0 radical (unpaired) electrons. The van der Waals surface area contributed by atoms with Gasteiger partial charge in [0.15, 0.2) is 0 Å². The summed E-state index contributed by atoms with van der Waals surface area (Å²) in [6.45, 7) is -0.223. The number of amides is 2. The zero-order valence-corrected chi connectivity index (χ0v) is 16.8. The van der Waals surface area contributed by atoms with Gasteiger partial charge >= 0.3 is 5.97 Å². The fourth-order valence-electron chi connectivity index (χ4n) is 2.81. The SMILES string of the molecule is COC(=O)CNC(=O)c1ccc(NC(=O)CCc2ccc(-c3ccccc3F)o2)cc1. The molecule has 2 N–H and O–H groups in total. The van der Waals surface area contributed by atoms with E-state index in [-0.39, 0.29) is 24.7 Å². The van der Waals surface area contributed by atoms with Crippen molar-refractivity contribution in [3.63, 3.8) is 0 Å². The maximum atomic E-state index is 13.8. The summed E-state index contributed by atoms with van der Waals surface area (Å²) in [6, 6.07) is 16.0. The summed E-state index contributed by atoms with van der Waals surface area (Å²) in [7, 11) is 1.24. The Morgan fingerprint density at radius 1 is 1.00 bits per heavy atom. The van der Waals surface area contributed by atoms with Crippen LogP contribution in [0.3, 0.4) is 0 Å². The van der Waals surface area contributed by atoms with Crippen molar-refractivity contribution in [1.29, 1.82) is 0 Å². The van der Waals surface area contributed by atoms with Crippen LogP contribution in [0.25, 0.3) is 11.3 Å². The van der Waals surface area contributed by atoms with Crippen molar-refractivity contribution in [1.82, 2.24) is 5.32 Å². The average molecular weight is 424 g/mol. The van der Waals surface area contributed by atoms with Gasteiger partial charge in [0.2, 0.25) is 5.91 Å². The maximum absolute atomic E-state index is 13.8. The van der Waals surface area contributed by atoms with E-state index in [0.717, 1.165) is 0 Å². The summed E-state index contributed by atoms with van der Waals surface area (Å²) in [6.07, 6.45) is 0.528. The number of aryl methyl sites for hydroxylation is 1. The van der Waals surface area contributed by atoms with Gasteiger partial charge in [-0.2, -0.15) is 0 Å². The Hall–Kier alpha value is -3.94. The number of furan rings is 1. The van der Waals surface area contributed by atoms with Gasteiger partial charge in [-0.15, -0.1) is 0 Å². The van der Waals surface area contributed by atoms with Gasteiger partial charge in [0.1, 0.15) is 23.9 Å². The Labute approximate surface area is 178 Å². The second kappa shape index (κ2) is 10.2. The molecule has 31 heavy (non-hydrogen) atoms. The van der Waals surface area contributed by atoms with Gasteiger partial charge < -0.3 is 19.8 Å². The van der Waals surface area contributed by atoms with E-state index in [9.17, 15) is 18.8 Å². The first-order valence-electron chi connectivity index (χ1n) is 9.55. The molecule has 0 fully saturated rings. The summed E-state index contributed by atoms with van der Waals surface area (Å²) >= 11 is 0. The average Bonchev–Trinajstić information content (AvgIpc) is 3.25. The minimum absolute atomic E-state index is 0.172. The van der Waals surface area contributed by atoms with Crippen LogP contribution in [0, 0.1) is 5.82 Å². The summed E-state index contributed by atoms with van der Waals surface area (Å²) in [5, 5.41) is 5.17. The van der Waals surface area contributed by atoms with Crippen LogP contribution in [0.4, 0.5) is 10.1 Å². The number of halogens is 1. The van der Waals surface area contributed by atoms with Crippen molar-refractivity contribution in [2.45, 2.75) is 12.8 Å². The highest BCUT2D eigenvalue weighted by Gasteiger charge is 2.12. The highest BCUT2D eigenvalue weighted by molar-refractivity contribution is 5.97. The molecule has 0 aliphatic rings. The van der Waals surface area contributed by atoms with Gasteiger partial charge in [0, 0.05) is 24.1 Å². The van der Waals surface area contributed by atoms with Crippen LogP contribution in [0.15, 0.2) is 65.1 Å². The number of ether oxygens (including phenoxy) is 1. The number of carbonyl (C=O) groups excluding carboxylic acids is 3. The van der Waals surface area contributed by atoms with Crippen LogP contribution in [0.1, 0.15) is 22.5 Å². The van der Waals surface area contributed by atoms with E-state index < -0.39 is 11.9 Å². The van der Waals surface area contributed by atoms with Crippen LogP contribution < -0.4 is 10.6 Å². The summed E-state index contributed by atoms with van der Waals surface area (Å²) in [4.78, 5) is 35.2. The molecule has 0 saturated carbocycles. The van der Waals surface area contributed by atoms with Crippen molar-refractivity contribution in [3.05, 3.63) is 77.8 Å². The van der Waals surface area contributed by atoms with Crippen molar-refractivity contribution in [2.75, 3.05) is 19.0 Å². The number of carbonyl (C=O) groups is 3. The van der Waals surface area contributed by atoms with Gasteiger partial charge in [-0.25, -0.2) is 4.39 Å². The normalized spacial score (nSPS) is 10.4. The molecule has 2 amide bonds. The fraction of sp³-hybridized carbons (Fsp3) is 0.174. The Balaban J connectivity index is 1.49. The van der Waals surface area contributed by atoms with E-state index in [1.807, 2.05) is 0 Å². The lowest BCUT2D eigenvalue weighted by Crippen LogP contribution is -2.30. The molecule has 8 heteroatoms. The van der Waals surface area contributed by atoms with E-state index >= 15 is 0 Å². The molecule has 0 unspecified atom stereocenters. The second-order valence-electron chi connectivity index (χ2n) is 6.63. The molecule has 3 aromatic rings. The molecule has 0 spiro atoms. The number of esters is 1.